The normalized spacial score (nSPS) is 16.1. The second-order valence-corrected chi connectivity index (χ2v) is 5.36. The average molecular weight is 242 g/mol. The molecule has 0 atom stereocenters. The van der Waals surface area contributed by atoms with E-state index < -0.39 is 10.0 Å². The molecule has 0 bridgehead atoms. The van der Waals surface area contributed by atoms with Crippen molar-refractivity contribution >= 4 is 10.0 Å². The molecule has 16 heavy (non-hydrogen) atoms. The Balaban J connectivity index is 2.37. The van der Waals surface area contributed by atoms with Crippen LogP contribution in [-0.4, -0.2) is 19.5 Å². The summed E-state index contributed by atoms with van der Waals surface area (Å²) in [6.07, 6.45) is 4.31. The first-order chi connectivity index (χ1) is 7.50. The van der Waals surface area contributed by atoms with E-state index in [0.717, 1.165) is 12.8 Å². The number of rotatable bonds is 4. The fourth-order valence-corrected chi connectivity index (χ4v) is 2.22. The van der Waals surface area contributed by atoms with Crippen LogP contribution in [0.1, 0.15) is 25.5 Å². The molecule has 88 valence electrons. The summed E-state index contributed by atoms with van der Waals surface area (Å²) in [4.78, 5) is 4.12. The molecular weight excluding hydrogens is 228 g/mol. The number of hydrogen-bond acceptors (Lipinski definition) is 4. The molecule has 1 aromatic heterocycles. The predicted octanol–water partition coefficient (Wildman–Crippen LogP) is 0.833. The molecule has 0 spiro atoms. The van der Waals surface area contributed by atoms with E-state index in [0.29, 0.717) is 17.9 Å². The zero-order valence-electron chi connectivity index (χ0n) is 9.01. The zero-order chi connectivity index (χ0) is 11.8. The predicted molar refractivity (Wildman–Crippen MR) is 58.6 cm³/mol. The minimum Gasteiger partial charge on any atom is -0.489 e. The van der Waals surface area contributed by atoms with Gasteiger partial charge < -0.3 is 4.74 Å². The summed E-state index contributed by atoms with van der Waals surface area (Å²) in [5.74, 6) is 0.476. The van der Waals surface area contributed by atoms with Gasteiger partial charge in [-0.1, -0.05) is 6.92 Å². The molecule has 2 rings (SSSR count). The Morgan fingerprint density at radius 3 is 2.75 bits per heavy atom. The van der Waals surface area contributed by atoms with Crippen molar-refractivity contribution in [3.8, 4) is 5.75 Å². The highest BCUT2D eigenvalue weighted by molar-refractivity contribution is 7.89. The van der Waals surface area contributed by atoms with E-state index in [9.17, 15) is 8.42 Å². The molecule has 0 aromatic carbocycles. The summed E-state index contributed by atoms with van der Waals surface area (Å²) >= 11 is 0. The summed E-state index contributed by atoms with van der Waals surface area (Å²) in [7, 11) is -3.73. The molecule has 0 unspecified atom stereocenters. The van der Waals surface area contributed by atoms with E-state index in [1.807, 2.05) is 6.92 Å². The Bertz CT molecular complexity index is 495. The van der Waals surface area contributed by atoms with E-state index in [2.05, 4.69) is 4.98 Å². The molecule has 0 aliphatic heterocycles. The summed E-state index contributed by atoms with van der Waals surface area (Å²) in [6, 6.07) is 1.46. The van der Waals surface area contributed by atoms with E-state index >= 15 is 0 Å². The number of nitrogens with zero attached hydrogens (tertiary/aromatic N) is 1. The van der Waals surface area contributed by atoms with Crippen LogP contribution in [0.25, 0.3) is 0 Å². The minimum atomic E-state index is -3.73. The highest BCUT2D eigenvalue weighted by Crippen LogP contribution is 2.28. The van der Waals surface area contributed by atoms with Gasteiger partial charge in [-0.3, -0.25) is 4.98 Å². The molecule has 1 aromatic rings. The number of pyridine rings is 1. The quantitative estimate of drug-likeness (QED) is 0.847. The van der Waals surface area contributed by atoms with Gasteiger partial charge in [-0.15, -0.1) is 0 Å². The molecule has 1 heterocycles. The second kappa shape index (κ2) is 4.03. The average Bonchev–Trinajstić information content (AvgIpc) is 3.00. The molecular formula is C10H14N2O3S. The molecule has 1 aliphatic rings. The van der Waals surface area contributed by atoms with Gasteiger partial charge >= 0.3 is 0 Å². The van der Waals surface area contributed by atoms with Crippen LogP contribution < -0.4 is 9.88 Å². The third-order valence-corrected chi connectivity index (χ3v) is 3.34. The van der Waals surface area contributed by atoms with Crippen LogP contribution >= 0.6 is 0 Å². The minimum absolute atomic E-state index is 0.0631. The Labute approximate surface area is 94.7 Å². The van der Waals surface area contributed by atoms with Crippen LogP contribution in [0.2, 0.25) is 0 Å². The summed E-state index contributed by atoms with van der Waals surface area (Å²) in [5.41, 5.74) is 0.477. The van der Waals surface area contributed by atoms with Crippen LogP contribution in [0.4, 0.5) is 0 Å². The summed E-state index contributed by atoms with van der Waals surface area (Å²) < 4.78 is 28.2. The molecule has 1 saturated carbocycles. The van der Waals surface area contributed by atoms with Gasteiger partial charge in [0.2, 0.25) is 10.0 Å². The fourth-order valence-electron chi connectivity index (χ4n) is 1.41. The lowest BCUT2D eigenvalue weighted by Gasteiger charge is -2.08. The van der Waals surface area contributed by atoms with E-state index in [-0.39, 0.29) is 11.0 Å². The molecule has 2 N–H and O–H groups in total. The number of hydrogen-bond donors (Lipinski definition) is 1. The molecule has 0 amide bonds. The molecule has 6 heteroatoms. The second-order valence-electron chi connectivity index (χ2n) is 3.83. The molecule has 1 fully saturated rings. The third-order valence-electron chi connectivity index (χ3n) is 2.37. The SMILES string of the molecule is CCc1ncc(OC2CC2)cc1S(N)(=O)=O. The molecule has 1 aliphatic carbocycles. The number of ether oxygens (including phenoxy) is 1. The Morgan fingerprint density at radius 2 is 2.25 bits per heavy atom. The Kier molecular flexibility index (Phi) is 2.86. The Hall–Kier alpha value is -1.14. The van der Waals surface area contributed by atoms with Crippen molar-refractivity contribution in [2.75, 3.05) is 0 Å². The lowest BCUT2D eigenvalue weighted by atomic mass is 10.3. The van der Waals surface area contributed by atoms with E-state index in [4.69, 9.17) is 9.88 Å². The summed E-state index contributed by atoms with van der Waals surface area (Å²) in [6.45, 7) is 1.83. The lowest BCUT2D eigenvalue weighted by molar-refractivity contribution is 0.301. The van der Waals surface area contributed by atoms with Gasteiger partial charge in [-0.2, -0.15) is 0 Å². The molecule has 0 saturated heterocycles. The number of nitrogens with two attached hydrogens (primary N) is 1. The van der Waals surface area contributed by atoms with Crippen molar-refractivity contribution in [1.82, 2.24) is 4.98 Å². The van der Waals surface area contributed by atoms with Gasteiger partial charge in [0.1, 0.15) is 10.6 Å². The third kappa shape index (κ3) is 2.51. The van der Waals surface area contributed by atoms with Gasteiger partial charge in [0, 0.05) is 6.07 Å². The molecule has 0 radical (unpaired) electrons. The van der Waals surface area contributed by atoms with Crippen LogP contribution in [0.3, 0.4) is 0 Å². The largest absolute Gasteiger partial charge is 0.489 e. The van der Waals surface area contributed by atoms with Crippen LogP contribution in [-0.2, 0) is 16.4 Å². The lowest BCUT2D eigenvalue weighted by Crippen LogP contribution is -2.15. The fraction of sp³-hybridized carbons (Fsp3) is 0.500. The number of primary sulfonamides is 1. The van der Waals surface area contributed by atoms with E-state index in [1.165, 1.54) is 6.07 Å². The maximum Gasteiger partial charge on any atom is 0.240 e. The Morgan fingerprint density at radius 1 is 1.56 bits per heavy atom. The van der Waals surface area contributed by atoms with Crippen LogP contribution in [0.15, 0.2) is 17.2 Å². The number of aromatic nitrogens is 1. The van der Waals surface area contributed by atoms with Crippen LogP contribution in [0.5, 0.6) is 5.75 Å². The topological polar surface area (TPSA) is 82.3 Å². The van der Waals surface area contributed by atoms with Crippen molar-refractivity contribution in [1.29, 1.82) is 0 Å². The zero-order valence-corrected chi connectivity index (χ0v) is 9.83. The molecule has 5 nitrogen and oxygen atoms in total. The van der Waals surface area contributed by atoms with Gasteiger partial charge in [0.05, 0.1) is 18.0 Å². The first kappa shape index (κ1) is 11.3. The van der Waals surface area contributed by atoms with Crippen molar-refractivity contribution in [2.45, 2.75) is 37.2 Å². The van der Waals surface area contributed by atoms with Gasteiger partial charge in [-0.05, 0) is 19.3 Å². The number of aryl methyl sites for hydroxylation is 1. The van der Waals surface area contributed by atoms with Crippen molar-refractivity contribution in [3.63, 3.8) is 0 Å². The monoisotopic (exact) mass is 242 g/mol. The smallest absolute Gasteiger partial charge is 0.240 e. The highest BCUT2D eigenvalue weighted by atomic mass is 32.2. The van der Waals surface area contributed by atoms with Gasteiger partial charge in [0.15, 0.2) is 0 Å². The highest BCUT2D eigenvalue weighted by Gasteiger charge is 2.24. The van der Waals surface area contributed by atoms with Crippen LogP contribution in [0, 0.1) is 0 Å². The van der Waals surface area contributed by atoms with Crippen molar-refractivity contribution in [2.24, 2.45) is 5.14 Å². The van der Waals surface area contributed by atoms with Gasteiger partial charge in [-0.25, -0.2) is 13.6 Å². The standard InChI is InChI=1S/C10H14N2O3S/c1-2-9-10(16(11,13)14)5-8(6-12-9)15-7-3-4-7/h5-7H,2-4H2,1H3,(H2,11,13,14). The first-order valence-corrected chi connectivity index (χ1v) is 6.73. The maximum atomic E-state index is 11.3. The van der Waals surface area contributed by atoms with E-state index in [1.54, 1.807) is 6.20 Å². The number of sulfonamides is 1. The summed E-state index contributed by atoms with van der Waals surface area (Å²) in [5, 5.41) is 5.13. The van der Waals surface area contributed by atoms with Gasteiger partial charge in [0.25, 0.3) is 0 Å². The first-order valence-electron chi connectivity index (χ1n) is 5.19. The van der Waals surface area contributed by atoms with Crippen molar-refractivity contribution < 1.29 is 13.2 Å². The van der Waals surface area contributed by atoms with Crippen molar-refractivity contribution in [3.05, 3.63) is 18.0 Å². The maximum absolute atomic E-state index is 11.3.